The Morgan fingerprint density at radius 3 is 2.72 bits per heavy atom. The summed E-state index contributed by atoms with van der Waals surface area (Å²) in [5.74, 6) is 0.416. The van der Waals surface area contributed by atoms with Crippen LogP contribution in [0.3, 0.4) is 0 Å². The smallest absolute Gasteiger partial charge is 0.0686 e. The Kier molecular flexibility index (Phi) is 3.40. The van der Waals surface area contributed by atoms with Gasteiger partial charge in [0, 0.05) is 6.61 Å². The van der Waals surface area contributed by atoms with Crippen LogP contribution in [-0.4, -0.2) is 23.4 Å². The first-order valence-corrected chi connectivity index (χ1v) is 7.13. The molecule has 1 saturated carbocycles. The minimum Gasteiger partial charge on any atom is -0.392 e. The summed E-state index contributed by atoms with van der Waals surface area (Å²) in [6.07, 6.45) is 6.32. The fourth-order valence-electron chi connectivity index (χ4n) is 3.34. The van der Waals surface area contributed by atoms with E-state index in [1.54, 1.807) is 0 Å². The Labute approximate surface area is 109 Å². The van der Waals surface area contributed by atoms with Crippen molar-refractivity contribution in [2.24, 2.45) is 5.92 Å². The van der Waals surface area contributed by atoms with Crippen molar-refractivity contribution >= 4 is 0 Å². The Morgan fingerprint density at radius 2 is 2.06 bits per heavy atom. The molecule has 0 radical (unpaired) electrons. The first-order chi connectivity index (χ1) is 8.77. The van der Waals surface area contributed by atoms with E-state index in [1.165, 1.54) is 24.8 Å². The summed E-state index contributed by atoms with van der Waals surface area (Å²) >= 11 is 0. The van der Waals surface area contributed by atoms with Crippen LogP contribution in [0.2, 0.25) is 0 Å². The van der Waals surface area contributed by atoms with Crippen molar-refractivity contribution in [3.05, 3.63) is 35.9 Å². The molecule has 2 heteroatoms. The van der Waals surface area contributed by atoms with Crippen LogP contribution in [0.1, 0.15) is 37.7 Å². The summed E-state index contributed by atoms with van der Waals surface area (Å²) in [5, 5.41) is 10.4. The molecule has 1 aliphatic carbocycles. The lowest BCUT2D eigenvalue weighted by molar-refractivity contribution is -0.156. The summed E-state index contributed by atoms with van der Waals surface area (Å²) in [6.45, 7) is 0.830. The molecule has 1 aliphatic heterocycles. The standard InChI is InChI=1S/C16H22O2/c17-15(11-13-5-2-1-3-6-13)14-7-10-18-16(12-14)8-4-9-16/h1-3,5-6,14-15,17H,4,7-12H2. The normalized spacial score (nSPS) is 27.7. The molecule has 3 rings (SSSR count). The first-order valence-electron chi connectivity index (χ1n) is 7.13. The zero-order valence-electron chi connectivity index (χ0n) is 10.8. The van der Waals surface area contributed by atoms with Crippen LogP contribution in [0, 0.1) is 5.92 Å². The van der Waals surface area contributed by atoms with Crippen molar-refractivity contribution in [2.45, 2.75) is 50.2 Å². The lowest BCUT2D eigenvalue weighted by Gasteiger charge is -2.48. The van der Waals surface area contributed by atoms with Crippen LogP contribution in [0.15, 0.2) is 30.3 Å². The number of benzene rings is 1. The van der Waals surface area contributed by atoms with Gasteiger partial charge in [-0.2, -0.15) is 0 Å². The van der Waals surface area contributed by atoms with Crippen molar-refractivity contribution in [3.63, 3.8) is 0 Å². The lowest BCUT2D eigenvalue weighted by atomic mass is 9.70. The van der Waals surface area contributed by atoms with Gasteiger partial charge in [-0.05, 0) is 50.0 Å². The fourth-order valence-corrected chi connectivity index (χ4v) is 3.34. The van der Waals surface area contributed by atoms with Gasteiger partial charge in [0.1, 0.15) is 0 Å². The van der Waals surface area contributed by atoms with Crippen LogP contribution < -0.4 is 0 Å². The zero-order valence-corrected chi connectivity index (χ0v) is 10.8. The van der Waals surface area contributed by atoms with Crippen LogP contribution in [0.4, 0.5) is 0 Å². The molecule has 0 amide bonds. The predicted molar refractivity (Wildman–Crippen MR) is 71.4 cm³/mol. The van der Waals surface area contributed by atoms with Crippen LogP contribution in [-0.2, 0) is 11.2 Å². The lowest BCUT2D eigenvalue weighted by Crippen LogP contribution is -2.48. The van der Waals surface area contributed by atoms with Crippen molar-refractivity contribution in [1.82, 2.24) is 0 Å². The minimum atomic E-state index is -0.214. The molecule has 2 fully saturated rings. The highest BCUT2D eigenvalue weighted by molar-refractivity contribution is 5.15. The van der Waals surface area contributed by atoms with Gasteiger partial charge >= 0.3 is 0 Å². The molecule has 0 aromatic heterocycles. The third-order valence-corrected chi connectivity index (χ3v) is 4.63. The van der Waals surface area contributed by atoms with E-state index in [-0.39, 0.29) is 11.7 Å². The predicted octanol–water partition coefficient (Wildman–Crippen LogP) is 2.94. The Hall–Kier alpha value is -0.860. The molecule has 2 nitrogen and oxygen atoms in total. The second-order valence-corrected chi connectivity index (χ2v) is 5.89. The molecule has 1 aromatic rings. The molecule has 2 atom stereocenters. The summed E-state index contributed by atoms with van der Waals surface area (Å²) < 4.78 is 5.92. The highest BCUT2D eigenvalue weighted by Gasteiger charge is 2.43. The topological polar surface area (TPSA) is 29.5 Å². The quantitative estimate of drug-likeness (QED) is 0.888. The van der Waals surface area contributed by atoms with E-state index in [0.29, 0.717) is 5.92 Å². The summed E-state index contributed by atoms with van der Waals surface area (Å²) in [4.78, 5) is 0. The van der Waals surface area contributed by atoms with E-state index in [2.05, 4.69) is 12.1 Å². The van der Waals surface area contributed by atoms with E-state index < -0.39 is 0 Å². The minimum absolute atomic E-state index is 0.139. The van der Waals surface area contributed by atoms with Crippen LogP contribution in [0.25, 0.3) is 0 Å². The van der Waals surface area contributed by atoms with E-state index in [4.69, 9.17) is 4.74 Å². The molecule has 1 saturated heterocycles. The van der Waals surface area contributed by atoms with Gasteiger partial charge in [-0.15, -0.1) is 0 Å². The van der Waals surface area contributed by atoms with Gasteiger partial charge in [-0.1, -0.05) is 30.3 Å². The molecule has 0 bridgehead atoms. The monoisotopic (exact) mass is 246 g/mol. The molecule has 2 unspecified atom stereocenters. The first kappa shape index (κ1) is 12.2. The number of hydrogen-bond acceptors (Lipinski definition) is 2. The largest absolute Gasteiger partial charge is 0.392 e. The summed E-state index contributed by atoms with van der Waals surface area (Å²) in [5.41, 5.74) is 1.37. The second kappa shape index (κ2) is 5.02. The zero-order chi connectivity index (χ0) is 12.4. The average Bonchev–Trinajstić information content (AvgIpc) is 2.38. The Morgan fingerprint density at radius 1 is 1.28 bits per heavy atom. The van der Waals surface area contributed by atoms with Gasteiger partial charge in [0.05, 0.1) is 11.7 Å². The number of rotatable bonds is 3. The molecule has 18 heavy (non-hydrogen) atoms. The van der Waals surface area contributed by atoms with Gasteiger partial charge in [-0.25, -0.2) is 0 Å². The van der Waals surface area contributed by atoms with Gasteiger partial charge in [0.2, 0.25) is 0 Å². The highest BCUT2D eigenvalue weighted by atomic mass is 16.5. The van der Waals surface area contributed by atoms with Gasteiger partial charge < -0.3 is 9.84 Å². The number of aliphatic hydroxyl groups excluding tert-OH is 1. The maximum Gasteiger partial charge on any atom is 0.0686 e. The third kappa shape index (κ3) is 2.45. The van der Waals surface area contributed by atoms with Gasteiger partial charge in [0.25, 0.3) is 0 Å². The maximum atomic E-state index is 10.4. The van der Waals surface area contributed by atoms with E-state index in [1.807, 2.05) is 18.2 Å². The van der Waals surface area contributed by atoms with Crippen LogP contribution >= 0.6 is 0 Å². The van der Waals surface area contributed by atoms with Gasteiger partial charge in [-0.3, -0.25) is 0 Å². The number of aliphatic hydroxyl groups is 1. The third-order valence-electron chi connectivity index (χ3n) is 4.63. The van der Waals surface area contributed by atoms with Crippen molar-refractivity contribution in [1.29, 1.82) is 0 Å². The van der Waals surface area contributed by atoms with Crippen molar-refractivity contribution in [2.75, 3.05) is 6.61 Å². The highest BCUT2D eigenvalue weighted by Crippen LogP contribution is 2.45. The SMILES string of the molecule is OC(Cc1ccccc1)C1CCOC2(CCC2)C1. The Balaban J connectivity index is 1.60. The second-order valence-electron chi connectivity index (χ2n) is 5.89. The molecular formula is C16H22O2. The fraction of sp³-hybridized carbons (Fsp3) is 0.625. The summed E-state index contributed by atoms with van der Waals surface area (Å²) in [6, 6.07) is 10.3. The molecule has 1 spiro atoms. The maximum absolute atomic E-state index is 10.4. The Bertz CT molecular complexity index is 383. The van der Waals surface area contributed by atoms with Crippen LogP contribution in [0.5, 0.6) is 0 Å². The number of hydrogen-bond donors (Lipinski definition) is 1. The van der Waals surface area contributed by atoms with Crippen molar-refractivity contribution in [3.8, 4) is 0 Å². The van der Waals surface area contributed by atoms with Crippen molar-refractivity contribution < 1.29 is 9.84 Å². The molecule has 98 valence electrons. The van der Waals surface area contributed by atoms with E-state index in [9.17, 15) is 5.11 Å². The molecule has 2 aliphatic rings. The average molecular weight is 246 g/mol. The number of ether oxygens (including phenoxy) is 1. The molecule has 1 heterocycles. The summed E-state index contributed by atoms with van der Waals surface area (Å²) in [7, 11) is 0. The molecule has 1 N–H and O–H groups in total. The molecule has 1 aromatic carbocycles. The van der Waals surface area contributed by atoms with E-state index >= 15 is 0 Å². The van der Waals surface area contributed by atoms with Gasteiger partial charge in [0.15, 0.2) is 0 Å². The molecular weight excluding hydrogens is 224 g/mol. The van der Waals surface area contributed by atoms with E-state index in [0.717, 1.165) is 25.9 Å².